The van der Waals surface area contributed by atoms with Crippen LogP contribution < -0.4 is 4.72 Å². The molecule has 0 aromatic carbocycles. The first-order valence-electron chi connectivity index (χ1n) is 9.81. The number of aromatic nitrogens is 2. The van der Waals surface area contributed by atoms with Gasteiger partial charge < -0.3 is 4.90 Å². The lowest BCUT2D eigenvalue weighted by Crippen LogP contribution is -2.45. The summed E-state index contributed by atoms with van der Waals surface area (Å²) in [6.07, 6.45) is 2.30. The minimum Gasteiger partial charge on any atom is -0.332 e. The second-order valence-electron chi connectivity index (χ2n) is 9.95. The van der Waals surface area contributed by atoms with E-state index in [1.165, 1.54) is 22.0 Å². The maximum atomic E-state index is 12.8. The molecule has 2 aliphatic rings. The molecule has 0 spiro atoms. The summed E-state index contributed by atoms with van der Waals surface area (Å²) in [7, 11) is -1.95. The van der Waals surface area contributed by atoms with Gasteiger partial charge in [0.2, 0.25) is 0 Å². The Morgan fingerprint density at radius 1 is 1.14 bits per heavy atom. The normalized spacial score (nSPS) is 23.9. The molecule has 1 aromatic rings. The fourth-order valence-electron chi connectivity index (χ4n) is 4.32. The Kier molecular flexibility index (Phi) is 5.03. The van der Waals surface area contributed by atoms with Crippen LogP contribution >= 0.6 is 0 Å². The molecule has 0 amide bonds. The van der Waals surface area contributed by atoms with E-state index < -0.39 is 10.0 Å². The molecule has 1 aromatic heterocycles. The number of hydrogen-bond acceptors (Lipinski definition) is 5. The monoisotopic (exact) mass is 407 g/mol. The molecule has 156 valence electrons. The fraction of sp³-hybridized carbons (Fsp3) is 0.700. The molecule has 1 fully saturated rings. The molecule has 2 aliphatic heterocycles. The van der Waals surface area contributed by atoms with Crippen molar-refractivity contribution < 1.29 is 8.42 Å². The van der Waals surface area contributed by atoms with Crippen LogP contribution in [0.3, 0.4) is 0 Å². The lowest BCUT2D eigenvalue weighted by Gasteiger charge is -2.41. The quantitative estimate of drug-likeness (QED) is 0.835. The van der Waals surface area contributed by atoms with Crippen LogP contribution in [0.2, 0.25) is 0 Å². The van der Waals surface area contributed by atoms with Crippen LogP contribution in [-0.4, -0.2) is 47.6 Å². The zero-order valence-electron chi connectivity index (χ0n) is 18.2. The maximum Gasteiger partial charge on any atom is 0.260 e. The Morgan fingerprint density at radius 2 is 1.79 bits per heavy atom. The lowest BCUT2D eigenvalue weighted by atomic mass is 9.79. The number of sulfonamides is 1. The number of hydrogen-bond donors (Lipinski definition) is 1. The van der Waals surface area contributed by atoms with E-state index in [1.54, 1.807) is 13.2 Å². The van der Waals surface area contributed by atoms with Crippen molar-refractivity contribution in [3.63, 3.8) is 0 Å². The first-order valence-corrected chi connectivity index (χ1v) is 11.3. The van der Waals surface area contributed by atoms with E-state index in [0.717, 1.165) is 5.84 Å². The zero-order chi connectivity index (χ0) is 21.1. The van der Waals surface area contributed by atoms with Crippen LogP contribution in [-0.2, 0) is 17.1 Å². The molecule has 0 saturated carbocycles. The third-order valence-corrected chi connectivity index (χ3v) is 6.65. The van der Waals surface area contributed by atoms with Gasteiger partial charge in [-0.3, -0.25) is 9.67 Å². The van der Waals surface area contributed by atoms with Crippen molar-refractivity contribution in [1.29, 1.82) is 0 Å². The van der Waals surface area contributed by atoms with E-state index in [-0.39, 0.29) is 27.9 Å². The summed E-state index contributed by atoms with van der Waals surface area (Å²) in [6.45, 7) is 15.8. The standard InChI is InChI=1S/C20H33N5O2S/c1-13-17(19(2,3)4)15-11-14(12-25(15)18(21-13)20(5,6)7)23-28(26,27)16-9-10-24(8)22-16/h9-10,13-14,23H,11-12H2,1-8H3/t13-,14?/m0/s1. The minimum atomic E-state index is -3.66. The molecule has 1 N–H and O–H groups in total. The van der Waals surface area contributed by atoms with Gasteiger partial charge in [0.1, 0.15) is 5.84 Å². The van der Waals surface area contributed by atoms with Crippen LogP contribution in [0.25, 0.3) is 0 Å². The van der Waals surface area contributed by atoms with Crippen molar-refractivity contribution >= 4 is 15.9 Å². The van der Waals surface area contributed by atoms with Crippen molar-refractivity contribution in [3.8, 4) is 0 Å². The van der Waals surface area contributed by atoms with Gasteiger partial charge in [0.05, 0.1) is 6.04 Å². The highest BCUT2D eigenvalue weighted by atomic mass is 32.2. The van der Waals surface area contributed by atoms with E-state index in [0.29, 0.717) is 13.0 Å². The highest BCUT2D eigenvalue weighted by Crippen LogP contribution is 2.43. The number of amidine groups is 1. The zero-order valence-corrected chi connectivity index (χ0v) is 19.1. The third-order valence-electron chi connectivity index (χ3n) is 5.23. The van der Waals surface area contributed by atoms with Crippen molar-refractivity contribution in [1.82, 2.24) is 19.4 Å². The largest absolute Gasteiger partial charge is 0.332 e. The van der Waals surface area contributed by atoms with E-state index >= 15 is 0 Å². The number of aryl methyl sites for hydroxylation is 1. The van der Waals surface area contributed by atoms with Crippen LogP contribution in [0.5, 0.6) is 0 Å². The lowest BCUT2D eigenvalue weighted by molar-refractivity contribution is 0.393. The van der Waals surface area contributed by atoms with Gasteiger partial charge in [0, 0.05) is 43.4 Å². The molecular weight excluding hydrogens is 374 g/mol. The molecule has 28 heavy (non-hydrogen) atoms. The Hall–Kier alpha value is -1.67. The van der Waals surface area contributed by atoms with E-state index in [1.807, 2.05) is 0 Å². The van der Waals surface area contributed by atoms with Crippen LogP contribution in [0.1, 0.15) is 54.9 Å². The topological polar surface area (TPSA) is 79.6 Å². The van der Waals surface area contributed by atoms with Crippen molar-refractivity contribution in [3.05, 3.63) is 23.5 Å². The summed E-state index contributed by atoms with van der Waals surface area (Å²) in [5.74, 6) is 1.03. The summed E-state index contributed by atoms with van der Waals surface area (Å²) >= 11 is 0. The minimum absolute atomic E-state index is 0.0331. The molecule has 1 unspecified atom stereocenters. The Labute approximate surface area is 169 Å². The van der Waals surface area contributed by atoms with Crippen molar-refractivity contribution in [2.45, 2.75) is 72.0 Å². The van der Waals surface area contributed by atoms with Gasteiger partial charge in [0.25, 0.3) is 10.0 Å². The first kappa shape index (κ1) is 21.0. The molecule has 0 aliphatic carbocycles. The summed E-state index contributed by atoms with van der Waals surface area (Å²) in [5, 5.41) is 4.11. The van der Waals surface area contributed by atoms with E-state index in [4.69, 9.17) is 4.99 Å². The smallest absolute Gasteiger partial charge is 0.260 e. The number of nitrogens with zero attached hydrogens (tertiary/aromatic N) is 4. The maximum absolute atomic E-state index is 12.8. The number of aliphatic imine (C=N–C) groups is 1. The fourth-order valence-corrected chi connectivity index (χ4v) is 5.51. The van der Waals surface area contributed by atoms with E-state index in [2.05, 4.69) is 63.2 Å². The highest BCUT2D eigenvalue weighted by molar-refractivity contribution is 7.89. The second kappa shape index (κ2) is 6.69. The van der Waals surface area contributed by atoms with Gasteiger partial charge in [-0.05, 0) is 24.0 Å². The van der Waals surface area contributed by atoms with Crippen molar-refractivity contribution in [2.24, 2.45) is 22.9 Å². The summed E-state index contributed by atoms with van der Waals surface area (Å²) < 4.78 is 29.9. The number of fused-ring (bicyclic) bond motifs is 1. The summed E-state index contributed by atoms with van der Waals surface area (Å²) in [6, 6.07) is 1.40. The van der Waals surface area contributed by atoms with Gasteiger partial charge in [-0.1, -0.05) is 41.5 Å². The van der Waals surface area contributed by atoms with Gasteiger partial charge in [-0.25, -0.2) is 13.1 Å². The molecule has 0 bridgehead atoms. The van der Waals surface area contributed by atoms with Gasteiger partial charge >= 0.3 is 0 Å². The Morgan fingerprint density at radius 3 is 2.29 bits per heavy atom. The van der Waals surface area contributed by atoms with E-state index in [9.17, 15) is 8.42 Å². The molecule has 0 radical (unpaired) electrons. The van der Waals surface area contributed by atoms with Crippen LogP contribution in [0, 0.1) is 10.8 Å². The molecule has 8 heteroatoms. The molecular formula is C20H33N5O2S. The molecule has 3 rings (SSSR count). The predicted octanol–water partition coefficient (Wildman–Crippen LogP) is 2.92. The third kappa shape index (κ3) is 3.89. The first-order chi connectivity index (χ1) is 12.7. The van der Waals surface area contributed by atoms with Gasteiger partial charge in [-0.15, -0.1) is 0 Å². The van der Waals surface area contributed by atoms with Gasteiger partial charge in [-0.2, -0.15) is 5.10 Å². The summed E-state index contributed by atoms with van der Waals surface area (Å²) in [4.78, 5) is 7.27. The number of nitrogens with one attached hydrogen (secondary N) is 1. The Bertz CT molecular complexity index is 929. The SMILES string of the molecule is C[C@@H]1N=C(C(C)(C)C)N2CC(NS(=O)(=O)c3ccn(C)n3)CC2=C1C(C)(C)C. The highest BCUT2D eigenvalue weighted by Gasteiger charge is 2.43. The summed E-state index contributed by atoms with van der Waals surface area (Å²) in [5.41, 5.74) is 2.36. The second-order valence-corrected chi connectivity index (χ2v) is 11.6. The molecule has 2 atom stereocenters. The predicted molar refractivity (Wildman–Crippen MR) is 111 cm³/mol. The molecule has 7 nitrogen and oxygen atoms in total. The molecule has 3 heterocycles. The average molecular weight is 408 g/mol. The molecule has 1 saturated heterocycles. The van der Waals surface area contributed by atoms with Gasteiger partial charge in [0.15, 0.2) is 5.03 Å². The average Bonchev–Trinajstić information content (AvgIpc) is 3.09. The number of rotatable bonds is 3. The van der Waals surface area contributed by atoms with Crippen LogP contribution in [0.4, 0.5) is 0 Å². The van der Waals surface area contributed by atoms with Crippen molar-refractivity contribution in [2.75, 3.05) is 6.54 Å². The Balaban J connectivity index is 1.96. The van der Waals surface area contributed by atoms with Crippen LogP contribution in [0.15, 0.2) is 33.6 Å².